The Bertz CT molecular complexity index is 1750. The van der Waals surface area contributed by atoms with Gasteiger partial charge < -0.3 is 9.47 Å². The highest BCUT2D eigenvalue weighted by molar-refractivity contribution is 6.08. The average Bonchev–Trinajstić information content (AvgIpc) is 2.90. The first-order chi connectivity index (χ1) is 19.0. The van der Waals surface area contributed by atoms with Crippen molar-refractivity contribution >= 4 is 33.5 Å². The summed E-state index contributed by atoms with van der Waals surface area (Å²) in [4.78, 5) is 24.5. The lowest BCUT2D eigenvalue weighted by Crippen LogP contribution is -2.15. The summed E-state index contributed by atoms with van der Waals surface area (Å²) in [5, 5.41) is 2.02. The molecule has 5 aromatic rings. The summed E-state index contributed by atoms with van der Waals surface area (Å²) in [6, 6.07) is 11.2. The molecule has 202 valence electrons. The molecule has 0 heterocycles. The first kappa shape index (κ1) is 26.6. The zero-order valence-corrected chi connectivity index (χ0v) is 19.4. The van der Waals surface area contributed by atoms with Gasteiger partial charge in [0.25, 0.3) is 0 Å². The standard InChI is InChI=1S/C28H10F8O4/c29-17-9-19(31)23(33)25(35)21(17)27(37)39-13-3-5-15-11(7-13)1-2-12-8-14(4-6-16(12)15)40-28(38)22-18(30)10-20(32)24(34)26(22)36/h1-10H. The Labute approximate surface area is 218 Å². The first-order valence-corrected chi connectivity index (χ1v) is 11.0. The lowest BCUT2D eigenvalue weighted by atomic mass is 10.0. The van der Waals surface area contributed by atoms with E-state index in [1.165, 1.54) is 48.5 Å². The summed E-state index contributed by atoms with van der Waals surface area (Å²) >= 11 is 0. The molecule has 5 aromatic carbocycles. The molecule has 0 aromatic heterocycles. The van der Waals surface area contributed by atoms with Crippen molar-refractivity contribution in [2.75, 3.05) is 0 Å². The van der Waals surface area contributed by atoms with Crippen molar-refractivity contribution < 1.29 is 54.2 Å². The maximum Gasteiger partial charge on any atom is 0.349 e. The number of hydrogen-bond acceptors (Lipinski definition) is 4. The molecule has 40 heavy (non-hydrogen) atoms. The summed E-state index contributed by atoms with van der Waals surface area (Å²) < 4.78 is 119. The van der Waals surface area contributed by atoms with Gasteiger partial charge >= 0.3 is 11.9 Å². The third-order valence-electron chi connectivity index (χ3n) is 5.84. The lowest BCUT2D eigenvalue weighted by Gasteiger charge is -2.11. The summed E-state index contributed by atoms with van der Waals surface area (Å²) in [6.07, 6.45) is 0. The summed E-state index contributed by atoms with van der Waals surface area (Å²) in [5.74, 6) is -18.7. The molecule has 0 aliphatic rings. The monoisotopic (exact) mass is 562 g/mol. The van der Waals surface area contributed by atoms with Crippen LogP contribution >= 0.6 is 0 Å². The molecular formula is C28H10F8O4. The molecule has 0 amide bonds. The van der Waals surface area contributed by atoms with Crippen LogP contribution in [0, 0.1) is 46.5 Å². The van der Waals surface area contributed by atoms with Gasteiger partial charge in [0, 0.05) is 12.1 Å². The highest BCUT2D eigenvalue weighted by atomic mass is 19.2. The average molecular weight is 562 g/mol. The van der Waals surface area contributed by atoms with Gasteiger partial charge in [0.1, 0.15) is 34.3 Å². The number of fused-ring (bicyclic) bond motifs is 3. The third-order valence-corrected chi connectivity index (χ3v) is 5.84. The minimum absolute atomic E-state index is 0.0119. The third kappa shape index (κ3) is 4.57. The summed E-state index contributed by atoms with van der Waals surface area (Å²) in [6.45, 7) is 0. The Hall–Kier alpha value is -5.00. The van der Waals surface area contributed by atoms with Crippen molar-refractivity contribution in [3.05, 3.63) is 118 Å². The normalized spacial score (nSPS) is 11.2. The fourth-order valence-corrected chi connectivity index (χ4v) is 3.98. The zero-order valence-electron chi connectivity index (χ0n) is 19.4. The highest BCUT2D eigenvalue weighted by Crippen LogP contribution is 2.32. The van der Waals surface area contributed by atoms with Gasteiger partial charge in [-0.3, -0.25) is 0 Å². The van der Waals surface area contributed by atoms with Crippen LogP contribution in [0.1, 0.15) is 20.7 Å². The van der Waals surface area contributed by atoms with Crippen LogP contribution in [0.3, 0.4) is 0 Å². The number of rotatable bonds is 4. The van der Waals surface area contributed by atoms with Crippen molar-refractivity contribution in [2.45, 2.75) is 0 Å². The first-order valence-electron chi connectivity index (χ1n) is 11.0. The molecule has 0 fully saturated rings. The van der Waals surface area contributed by atoms with E-state index in [-0.39, 0.29) is 23.6 Å². The molecule has 0 unspecified atom stereocenters. The summed E-state index contributed by atoms with van der Waals surface area (Å²) in [5.41, 5.74) is -2.83. The van der Waals surface area contributed by atoms with Crippen molar-refractivity contribution in [3.63, 3.8) is 0 Å². The Balaban J connectivity index is 1.42. The van der Waals surface area contributed by atoms with Gasteiger partial charge in [-0.1, -0.05) is 24.3 Å². The zero-order chi connectivity index (χ0) is 28.9. The lowest BCUT2D eigenvalue weighted by molar-refractivity contribution is 0.0712. The number of halogens is 8. The van der Waals surface area contributed by atoms with Crippen LogP contribution in [0.2, 0.25) is 0 Å². The fourth-order valence-electron chi connectivity index (χ4n) is 3.98. The van der Waals surface area contributed by atoms with Gasteiger partial charge in [-0.25, -0.2) is 44.7 Å². The molecule has 0 saturated carbocycles. The molecule has 0 radical (unpaired) electrons. The number of hydrogen-bond donors (Lipinski definition) is 0. The van der Waals surface area contributed by atoms with Crippen LogP contribution in [0.4, 0.5) is 35.1 Å². The fraction of sp³-hybridized carbons (Fsp3) is 0. The SMILES string of the molecule is O=C(Oc1ccc2c(ccc3cc(OC(=O)c4c(F)cc(F)c(F)c4F)ccc32)c1)c1c(F)cc(F)c(F)c1F. The van der Waals surface area contributed by atoms with E-state index in [4.69, 9.17) is 9.47 Å². The number of ether oxygens (including phenoxy) is 2. The minimum atomic E-state index is -2.04. The van der Waals surface area contributed by atoms with Crippen molar-refractivity contribution in [1.82, 2.24) is 0 Å². The summed E-state index contributed by atoms with van der Waals surface area (Å²) in [7, 11) is 0. The van der Waals surface area contributed by atoms with E-state index in [2.05, 4.69) is 0 Å². The van der Waals surface area contributed by atoms with Crippen LogP contribution in [0.5, 0.6) is 11.5 Å². The van der Waals surface area contributed by atoms with E-state index < -0.39 is 69.6 Å². The van der Waals surface area contributed by atoms with Crippen molar-refractivity contribution in [1.29, 1.82) is 0 Å². The van der Waals surface area contributed by atoms with Crippen molar-refractivity contribution in [3.8, 4) is 11.5 Å². The Morgan fingerprint density at radius 2 is 0.825 bits per heavy atom. The molecule has 0 saturated heterocycles. The van der Waals surface area contributed by atoms with Crippen molar-refractivity contribution in [2.24, 2.45) is 0 Å². The van der Waals surface area contributed by atoms with Crippen LogP contribution in [-0.4, -0.2) is 11.9 Å². The largest absolute Gasteiger partial charge is 0.423 e. The van der Waals surface area contributed by atoms with Gasteiger partial charge in [-0.15, -0.1) is 0 Å². The van der Waals surface area contributed by atoms with E-state index in [9.17, 15) is 44.7 Å². The number of carbonyl (C=O) groups excluding carboxylic acids is 2. The van der Waals surface area contributed by atoms with E-state index in [1.54, 1.807) is 0 Å². The Kier molecular flexibility index (Phi) is 6.62. The smallest absolute Gasteiger partial charge is 0.349 e. The number of carbonyl (C=O) groups is 2. The quantitative estimate of drug-likeness (QED) is 0.0567. The maximum absolute atomic E-state index is 13.9. The Morgan fingerprint density at radius 3 is 1.20 bits per heavy atom. The topological polar surface area (TPSA) is 52.6 Å². The predicted molar refractivity (Wildman–Crippen MR) is 124 cm³/mol. The maximum atomic E-state index is 13.9. The molecule has 12 heteroatoms. The van der Waals surface area contributed by atoms with Crippen LogP contribution < -0.4 is 9.47 Å². The second kappa shape index (κ2) is 9.95. The molecule has 0 aliphatic heterocycles. The van der Waals surface area contributed by atoms with Gasteiger partial charge in [-0.05, 0) is 45.8 Å². The van der Waals surface area contributed by atoms with Gasteiger partial charge in [0.05, 0.1) is 0 Å². The van der Waals surface area contributed by atoms with Gasteiger partial charge in [0.15, 0.2) is 34.9 Å². The minimum Gasteiger partial charge on any atom is -0.423 e. The molecule has 0 atom stereocenters. The van der Waals surface area contributed by atoms with E-state index >= 15 is 0 Å². The van der Waals surface area contributed by atoms with Gasteiger partial charge in [0.2, 0.25) is 0 Å². The Morgan fingerprint density at radius 1 is 0.450 bits per heavy atom. The predicted octanol–water partition coefficient (Wildman–Crippen LogP) is 7.54. The molecular weight excluding hydrogens is 552 g/mol. The molecule has 0 bridgehead atoms. The van der Waals surface area contributed by atoms with Crippen LogP contribution in [-0.2, 0) is 0 Å². The molecule has 4 nitrogen and oxygen atoms in total. The second-order valence-electron chi connectivity index (χ2n) is 8.30. The number of esters is 2. The van der Waals surface area contributed by atoms with E-state index in [1.807, 2.05) is 0 Å². The number of benzene rings is 5. The highest BCUT2D eigenvalue weighted by Gasteiger charge is 2.27. The van der Waals surface area contributed by atoms with Crippen LogP contribution in [0.15, 0.2) is 60.7 Å². The molecule has 0 spiro atoms. The second-order valence-corrected chi connectivity index (χ2v) is 8.30. The molecule has 5 rings (SSSR count). The molecule has 0 aliphatic carbocycles. The van der Waals surface area contributed by atoms with Crippen LogP contribution in [0.25, 0.3) is 21.5 Å². The van der Waals surface area contributed by atoms with Gasteiger partial charge in [-0.2, -0.15) is 0 Å². The van der Waals surface area contributed by atoms with E-state index in [0.29, 0.717) is 21.5 Å². The molecule has 0 N–H and O–H groups in total. The van der Waals surface area contributed by atoms with E-state index in [0.717, 1.165) is 0 Å².